The van der Waals surface area contributed by atoms with E-state index in [1.165, 1.54) is 11.1 Å². The number of hydrogen-bond acceptors (Lipinski definition) is 3. The molecule has 1 spiro atoms. The Kier molecular flexibility index (Phi) is 4.20. The average molecular weight is 342 g/mol. The highest BCUT2D eigenvalue weighted by Crippen LogP contribution is 2.55. The fraction of sp³-hybridized carbons (Fsp3) is 0.571. The maximum Gasteiger partial charge on any atom is 0.169 e. The predicted molar refractivity (Wildman–Crippen MR) is 97.7 cm³/mol. The van der Waals surface area contributed by atoms with Crippen LogP contribution in [0.1, 0.15) is 36.8 Å². The standard InChI is InChI=1S/C21H28NO3/c1-22(2)11-10-20-15-21(24-12-13-25-21)9-8-17(20)6-4-16-5-7-18(23-3)14-19(16)20/h5-7,14H,1,4,8-13,15H2,2-3H3/q+1. The SMILES string of the molecule is C=[N+](C)CCC12CC3(CCC1=CCc1ccc(OC)cc12)OCCO3. The third kappa shape index (κ3) is 2.81. The van der Waals surface area contributed by atoms with Crippen molar-refractivity contribution in [2.24, 2.45) is 0 Å². The van der Waals surface area contributed by atoms with Crippen molar-refractivity contribution in [3.63, 3.8) is 0 Å². The minimum absolute atomic E-state index is 0.0450. The number of methoxy groups -OCH3 is 1. The first-order chi connectivity index (χ1) is 12.1. The van der Waals surface area contributed by atoms with Crippen molar-refractivity contribution >= 4 is 6.72 Å². The van der Waals surface area contributed by atoms with E-state index in [9.17, 15) is 0 Å². The summed E-state index contributed by atoms with van der Waals surface area (Å²) in [5, 5.41) is 0. The summed E-state index contributed by atoms with van der Waals surface area (Å²) in [5.41, 5.74) is 4.28. The first kappa shape index (κ1) is 16.8. The van der Waals surface area contributed by atoms with Gasteiger partial charge in [0.1, 0.15) is 26.1 Å². The van der Waals surface area contributed by atoms with Crippen LogP contribution >= 0.6 is 0 Å². The zero-order valence-electron chi connectivity index (χ0n) is 15.3. The van der Waals surface area contributed by atoms with Crippen LogP contribution in [0.2, 0.25) is 0 Å². The Hall–Kier alpha value is -1.65. The van der Waals surface area contributed by atoms with Gasteiger partial charge in [0.15, 0.2) is 5.79 Å². The highest BCUT2D eigenvalue weighted by molar-refractivity contribution is 5.51. The molecule has 2 fully saturated rings. The molecule has 1 aromatic carbocycles. The third-order valence-corrected chi connectivity index (χ3v) is 6.10. The highest BCUT2D eigenvalue weighted by atomic mass is 16.7. The normalized spacial score (nSPS) is 26.7. The molecule has 2 aliphatic carbocycles. The van der Waals surface area contributed by atoms with Crippen molar-refractivity contribution in [3.8, 4) is 5.75 Å². The van der Waals surface area contributed by atoms with E-state index in [-0.39, 0.29) is 5.41 Å². The van der Waals surface area contributed by atoms with Gasteiger partial charge in [-0.2, -0.15) is 0 Å². The van der Waals surface area contributed by atoms with Crippen LogP contribution in [0.25, 0.3) is 0 Å². The smallest absolute Gasteiger partial charge is 0.169 e. The van der Waals surface area contributed by atoms with E-state index in [1.807, 2.05) is 11.6 Å². The van der Waals surface area contributed by atoms with Gasteiger partial charge in [-0.15, -0.1) is 0 Å². The number of benzene rings is 1. The van der Waals surface area contributed by atoms with Crippen molar-refractivity contribution < 1.29 is 18.8 Å². The molecule has 1 unspecified atom stereocenters. The topological polar surface area (TPSA) is 30.7 Å². The summed E-state index contributed by atoms with van der Waals surface area (Å²) in [6.07, 6.45) is 7.36. The van der Waals surface area contributed by atoms with Crippen molar-refractivity contribution in [3.05, 3.63) is 41.0 Å². The van der Waals surface area contributed by atoms with Gasteiger partial charge < -0.3 is 14.2 Å². The summed E-state index contributed by atoms with van der Waals surface area (Å²) >= 11 is 0. The number of ether oxygens (including phenoxy) is 3. The van der Waals surface area contributed by atoms with Crippen molar-refractivity contribution in [1.82, 2.24) is 0 Å². The Bertz CT molecular complexity index is 718. The molecular weight excluding hydrogens is 314 g/mol. The quantitative estimate of drug-likeness (QED) is 0.479. The molecule has 0 amide bonds. The maximum absolute atomic E-state index is 6.12. The summed E-state index contributed by atoms with van der Waals surface area (Å²) in [5.74, 6) is 0.504. The Morgan fingerprint density at radius 1 is 1.28 bits per heavy atom. The van der Waals surface area contributed by atoms with Crippen LogP contribution in [0.15, 0.2) is 29.8 Å². The largest absolute Gasteiger partial charge is 0.497 e. The summed E-state index contributed by atoms with van der Waals surface area (Å²) in [7, 11) is 3.78. The van der Waals surface area contributed by atoms with E-state index in [0.29, 0.717) is 13.2 Å². The van der Waals surface area contributed by atoms with Gasteiger partial charge in [-0.25, -0.2) is 4.58 Å². The fourth-order valence-corrected chi connectivity index (χ4v) is 4.84. The molecule has 1 aliphatic heterocycles. The van der Waals surface area contributed by atoms with Crippen LogP contribution in [0.4, 0.5) is 0 Å². The molecule has 1 saturated carbocycles. The van der Waals surface area contributed by atoms with Crippen molar-refractivity contribution in [2.75, 3.05) is 33.9 Å². The van der Waals surface area contributed by atoms with Gasteiger partial charge in [0.05, 0.1) is 20.3 Å². The Balaban J connectivity index is 1.81. The molecule has 0 N–H and O–H groups in total. The summed E-state index contributed by atoms with van der Waals surface area (Å²) in [4.78, 5) is 0. The van der Waals surface area contributed by atoms with Crippen LogP contribution < -0.4 is 4.74 Å². The van der Waals surface area contributed by atoms with E-state index in [2.05, 4.69) is 31.0 Å². The van der Waals surface area contributed by atoms with Gasteiger partial charge in [-0.1, -0.05) is 17.7 Å². The maximum atomic E-state index is 6.12. The second kappa shape index (κ2) is 6.26. The van der Waals surface area contributed by atoms with Crippen LogP contribution in [0, 0.1) is 0 Å². The number of fused-ring (bicyclic) bond motifs is 3. The molecule has 25 heavy (non-hydrogen) atoms. The second-order valence-corrected chi connectivity index (χ2v) is 7.65. The average Bonchev–Trinajstić information content (AvgIpc) is 3.07. The monoisotopic (exact) mass is 342 g/mol. The van der Waals surface area contributed by atoms with Gasteiger partial charge in [0, 0.05) is 24.7 Å². The Morgan fingerprint density at radius 3 is 2.80 bits per heavy atom. The number of allylic oxidation sites excluding steroid dienone is 2. The lowest BCUT2D eigenvalue weighted by Gasteiger charge is -2.49. The Morgan fingerprint density at radius 2 is 2.08 bits per heavy atom. The van der Waals surface area contributed by atoms with E-state index in [4.69, 9.17) is 14.2 Å². The van der Waals surface area contributed by atoms with E-state index in [0.717, 1.165) is 44.4 Å². The molecular formula is C21H28NO3+. The zero-order valence-corrected chi connectivity index (χ0v) is 15.3. The van der Waals surface area contributed by atoms with E-state index >= 15 is 0 Å². The predicted octanol–water partition coefficient (Wildman–Crippen LogP) is 3.08. The lowest BCUT2D eigenvalue weighted by molar-refractivity contribution is -0.490. The van der Waals surface area contributed by atoms with Gasteiger partial charge in [-0.05, 0) is 36.1 Å². The molecule has 0 radical (unpaired) electrons. The molecule has 1 saturated heterocycles. The highest BCUT2D eigenvalue weighted by Gasteiger charge is 2.53. The molecule has 0 aromatic heterocycles. The first-order valence-corrected chi connectivity index (χ1v) is 9.23. The minimum atomic E-state index is -0.422. The number of nitrogens with zero attached hydrogens (tertiary/aromatic N) is 1. The van der Waals surface area contributed by atoms with Gasteiger partial charge in [-0.3, -0.25) is 0 Å². The van der Waals surface area contributed by atoms with Crippen LogP contribution in [0.3, 0.4) is 0 Å². The van der Waals surface area contributed by atoms with Gasteiger partial charge in [0.25, 0.3) is 0 Å². The van der Waals surface area contributed by atoms with E-state index in [1.54, 1.807) is 12.7 Å². The zero-order chi connectivity index (χ0) is 17.5. The molecule has 134 valence electrons. The minimum Gasteiger partial charge on any atom is -0.497 e. The fourth-order valence-electron chi connectivity index (χ4n) is 4.84. The lowest BCUT2D eigenvalue weighted by atomic mass is 9.59. The van der Waals surface area contributed by atoms with Crippen LogP contribution in [-0.4, -0.2) is 51.0 Å². The molecule has 0 bridgehead atoms. The van der Waals surface area contributed by atoms with Gasteiger partial charge >= 0.3 is 0 Å². The first-order valence-electron chi connectivity index (χ1n) is 9.23. The molecule has 3 aliphatic rings. The van der Waals surface area contributed by atoms with Gasteiger partial charge in [0.2, 0.25) is 0 Å². The molecule has 1 aromatic rings. The molecule has 4 rings (SSSR count). The number of rotatable bonds is 4. The molecule has 1 atom stereocenters. The lowest BCUT2D eigenvalue weighted by Crippen LogP contribution is -2.48. The third-order valence-electron chi connectivity index (χ3n) is 6.10. The van der Waals surface area contributed by atoms with Crippen LogP contribution in [-0.2, 0) is 21.3 Å². The number of hydrogen-bond donors (Lipinski definition) is 0. The Labute approximate surface area is 150 Å². The van der Waals surface area contributed by atoms with Crippen molar-refractivity contribution in [1.29, 1.82) is 0 Å². The molecule has 1 heterocycles. The molecule has 4 nitrogen and oxygen atoms in total. The second-order valence-electron chi connectivity index (χ2n) is 7.65. The summed E-state index contributed by atoms with van der Waals surface area (Å²) in [6.45, 7) is 6.40. The van der Waals surface area contributed by atoms with Crippen molar-refractivity contribution in [2.45, 2.75) is 43.3 Å². The van der Waals surface area contributed by atoms with E-state index < -0.39 is 5.79 Å². The molecule has 4 heteroatoms. The summed E-state index contributed by atoms with van der Waals surface area (Å²) < 4.78 is 19.8. The summed E-state index contributed by atoms with van der Waals surface area (Å²) in [6, 6.07) is 6.52. The van der Waals surface area contributed by atoms with Crippen LogP contribution in [0.5, 0.6) is 5.75 Å².